The van der Waals surface area contributed by atoms with Crippen molar-refractivity contribution in [2.24, 2.45) is 5.92 Å². The van der Waals surface area contributed by atoms with E-state index in [2.05, 4.69) is 98.8 Å². The number of allylic oxidation sites excluding steroid dienone is 2. The monoisotopic (exact) mass is 374 g/mol. The quantitative estimate of drug-likeness (QED) is 0.652. The van der Waals surface area contributed by atoms with E-state index in [9.17, 15) is 0 Å². The van der Waals surface area contributed by atoms with Gasteiger partial charge in [0.2, 0.25) is 0 Å². The first-order chi connectivity index (χ1) is 13.2. The van der Waals surface area contributed by atoms with E-state index in [4.69, 9.17) is 4.74 Å². The average Bonchev–Trinajstić information content (AvgIpc) is 3.15. The van der Waals surface area contributed by atoms with Gasteiger partial charge in [-0.1, -0.05) is 75.4 Å². The lowest BCUT2D eigenvalue weighted by Gasteiger charge is -2.37. The number of nitrogens with zero attached hydrogens (tertiary/aromatic N) is 2. The highest BCUT2D eigenvalue weighted by atomic mass is 16.5. The fourth-order valence-electron chi connectivity index (χ4n) is 4.03. The van der Waals surface area contributed by atoms with Gasteiger partial charge in [0.05, 0.1) is 24.1 Å². The van der Waals surface area contributed by atoms with Crippen molar-refractivity contribution in [3.05, 3.63) is 90.1 Å². The van der Waals surface area contributed by atoms with Crippen molar-refractivity contribution in [2.75, 3.05) is 0 Å². The number of aromatic nitrogens is 2. The van der Waals surface area contributed by atoms with Crippen LogP contribution < -0.4 is 0 Å². The van der Waals surface area contributed by atoms with E-state index in [0.29, 0.717) is 0 Å². The van der Waals surface area contributed by atoms with E-state index in [1.165, 1.54) is 16.7 Å². The molecule has 0 amide bonds. The predicted octanol–water partition coefficient (Wildman–Crippen LogP) is 5.62. The number of hydrogen-bond acceptors (Lipinski definition) is 2. The summed E-state index contributed by atoms with van der Waals surface area (Å²) in [5.74, 6) is 0.271. The maximum Gasteiger partial charge on any atom is 0.0954 e. The SMILES string of the molecule is CC1(C)C=CC2C=C(C(c3ccc(C(C)(C)C)cc3)n3ccnc3)C=CC2O1. The molecular weight excluding hydrogens is 344 g/mol. The highest BCUT2D eigenvalue weighted by Crippen LogP contribution is 2.37. The van der Waals surface area contributed by atoms with Crippen LogP contribution in [0.4, 0.5) is 0 Å². The number of imidazole rings is 1. The summed E-state index contributed by atoms with van der Waals surface area (Å²) in [5, 5.41) is 0. The van der Waals surface area contributed by atoms with E-state index in [1.807, 2.05) is 18.7 Å². The van der Waals surface area contributed by atoms with Crippen molar-refractivity contribution in [3.63, 3.8) is 0 Å². The normalized spacial score (nSPS) is 24.5. The van der Waals surface area contributed by atoms with Gasteiger partial charge in [0.1, 0.15) is 0 Å². The molecule has 2 heterocycles. The Kier molecular flexibility index (Phi) is 4.67. The maximum atomic E-state index is 6.22. The second-order valence-corrected chi connectivity index (χ2v) is 9.43. The molecule has 4 rings (SSSR count). The third kappa shape index (κ3) is 3.77. The van der Waals surface area contributed by atoms with Crippen LogP contribution in [-0.2, 0) is 10.2 Å². The highest BCUT2D eigenvalue weighted by molar-refractivity contribution is 5.41. The van der Waals surface area contributed by atoms with Crippen LogP contribution in [0.5, 0.6) is 0 Å². The van der Waals surface area contributed by atoms with Gasteiger partial charge < -0.3 is 9.30 Å². The molecule has 0 N–H and O–H groups in total. The Bertz CT molecular complexity index is 908. The molecule has 3 atom stereocenters. The van der Waals surface area contributed by atoms with Crippen LogP contribution in [0.25, 0.3) is 0 Å². The van der Waals surface area contributed by atoms with Gasteiger partial charge in [-0.15, -0.1) is 0 Å². The summed E-state index contributed by atoms with van der Waals surface area (Å²) in [4.78, 5) is 4.29. The summed E-state index contributed by atoms with van der Waals surface area (Å²) >= 11 is 0. The van der Waals surface area contributed by atoms with Crippen LogP contribution in [0.3, 0.4) is 0 Å². The number of ether oxygens (including phenoxy) is 1. The van der Waals surface area contributed by atoms with Crippen LogP contribution in [0.2, 0.25) is 0 Å². The lowest BCUT2D eigenvalue weighted by molar-refractivity contribution is -0.0395. The zero-order chi connectivity index (χ0) is 19.9. The molecule has 0 saturated carbocycles. The van der Waals surface area contributed by atoms with Crippen molar-refractivity contribution >= 4 is 0 Å². The minimum absolute atomic E-state index is 0.107. The van der Waals surface area contributed by atoms with Crippen LogP contribution in [0.15, 0.2) is 78.9 Å². The first-order valence-electron chi connectivity index (χ1n) is 10.1. The Balaban J connectivity index is 1.71. The zero-order valence-corrected chi connectivity index (χ0v) is 17.5. The fraction of sp³-hybridized carbons (Fsp3) is 0.400. The molecular formula is C25H30N2O. The van der Waals surface area contributed by atoms with Crippen molar-refractivity contribution in [3.8, 4) is 0 Å². The van der Waals surface area contributed by atoms with E-state index >= 15 is 0 Å². The molecule has 146 valence electrons. The summed E-state index contributed by atoms with van der Waals surface area (Å²) < 4.78 is 8.40. The predicted molar refractivity (Wildman–Crippen MR) is 114 cm³/mol. The van der Waals surface area contributed by atoms with Crippen LogP contribution in [0, 0.1) is 5.92 Å². The average molecular weight is 375 g/mol. The number of benzene rings is 1. The molecule has 0 spiro atoms. The molecule has 1 aliphatic heterocycles. The lowest BCUT2D eigenvalue weighted by Crippen LogP contribution is -2.36. The van der Waals surface area contributed by atoms with Crippen LogP contribution in [0.1, 0.15) is 51.8 Å². The van der Waals surface area contributed by atoms with Crippen molar-refractivity contribution < 1.29 is 4.74 Å². The lowest BCUT2D eigenvalue weighted by atomic mass is 9.83. The van der Waals surface area contributed by atoms with Gasteiger partial charge in [-0.25, -0.2) is 4.98 Å². The summed E-state index contributed by atoms with van der Waals surface area (Å²) in [6.45, 7) is 11.0. The Morgan fingerprint density at radius 1 is 1.11 bits per heavy atom. The van der Waals surface area contributed by atoms with E-state index < -0.39 is 0 Å². The molecule has 1 aliphatic carbocycles. The summed E-state index contributed by atoms with van der Waals surface area (Å²) in [6.07, 6.45) is 17.1. The second kappa shape index (κ2) is 6.89. The van der Waals surface area contributed by atoms with E-state index in [1.54, 1.807) is 0 Å². The molecule has 2 aliphatic rings. The molecule has 0 bridgehead atoms. The smallest absolute Gasteiger partial charge is 0.0954 e. The molecule has 1 aromatic heterocycles. The molecule has 0 radical (unpaired) electrons. The number of hydrogen-bond donors (Lipinski definition) is 0. The maximum absolute atomic E-state index is 6.22. The summed E-state index contributed by atoms with van der Waals surface area (Å²) in [6, 6.07) is 9.12. The molecule has 0 saturated heterocycles. The van der Waals surface area contributed by atoms with Gasteiger partial charge in [-0.05, 0) is 36.0 Å². The molecule has 0 fully saturated rings. The van der Waals surface area contributed by atoms with Crippen molar-refractivity contribution in [2.45, 2.75) is 57.8 Å². The Hall–Kier alpha value is -2.39. The first-order valence-corrected chi connectivity index (χ1v) is 10.1. The van der Waals surface area contributed by atoms with Gasteiger partial charge in [0, 0.05) is 18.3 Å². The first kappa shape index (κ1) is 18.9. The molecule has 28 heavy (non-hydrogen) atoms. The minimum atomic E-state index is -0.205. The minimum Gasteiger partial charge on any atom is -0.363 e. The Labute approximate surface area is 168 Å². The van der Waals surface area contributed by atoms with E-state index in [-0.39, 0.29) is 29.1 Å². The van der Waals surface area contributed by atoms with Crippen LogP contribution >= 0.6 is 0 Å². The van der Waals surface area contributed by atoms with Gasteiger partial charge >= 0.3 is 0 Å². The van der Waals surface area contributed by atoms with Gasteiger partial charge in [-0.2, -0.15) is 0 Å². The molecule has 3 nitrogen and oxygen atoms in total. The fourth-order valence-corrected chi connectivity index (χ4v) is 4.03. The Morgan fingerprint density at radius 2 is 1.86 bits per heavy atom. The number of fused-ring (bicyclic) bond motifs is 1. The van der Waals surface area contributed by atoms with Crippen molar-refractivity contribution in [1.82, 2.24) is 9.55 Å². The summed E-state index contributed by atoms with van der Waals surface area (Å²) in [5.41, 5.74) is 3.83. The standard InChI is InChI=1S/C25H30N2O/c1-24(2,3)21-9-6-18(7-10-21)23(27-15-14-26-17-27)20-8-11-22-19(16-20)12-13-25(4,5)28-22/h6-17,19,22-23H,1-5H3. The third-order valence-electron chi connectivity index (χ3n) is 5.63. The van der Waals surface area contributed by atoms with E-state index in [0.717, 1.165) is 0 Å². The van der Waals surface area contributed by atoms with Gasteiger partial charge in [0.25, 0.3) is 0 Å². The highest BCUT2D eigenvalue weighted by Gasteiger charge is 2.32. The Morgan fingerprint density at radius 3 is 2.50 bits per heavy atom. The number of rotatable bonds is 3. The second-order valence-electron chi connectivity index (χ2n) is 9.43. The topological polar surface area (TPSA) is 27.1 Å². The van der Waals surface area contributed by atoms with Gasteiger partial charge in [0.15, 0.2) is 0 Å². The van der Waals surface area contributed by atoms with Crippen molar-refractivity contribution in [1.29, 1.82) is 0 Å². The molecule has 2 aromatic rings. The molecule has 3 heteroatoms. The molecule has 3 unspecified atom stereocenters. The zero-order valence-electron chi connectivity index (χ0n) is 17.5. The van der Waals surface area contributed by atoms with Gasteiger partial charge in [-0.3, -0.25) is 0 Å². The van der Waals surface area contributed by atoms with Crippen LogP contribution in [-0.4, -0.2) is 21.3 Å². The summed E-state index contributed by atoms with van der Waals surface area (Å²) in [7, 11) is 0. The third-order valence-corrected chi connectivity index (χ3v) is 5.63. The largest absolute Gasteiger partial charge is 0.363 e. The molecule has 1 aromatic carbocycles.